The summed E-state index contributed by atoms with van der Waals surface area (Å²) >= 11 is 1.31. The van der Waals surface area contributed by atoms with Crippen molar-refractivity contribution in [3.8, 4) is 6.07 Å². The molecular formula is C16H14N4O2S. The first-order chi connectivity index (χ1) is 11.1. The number of fused-ring (bicyclic) bond motifs is 1. The van der Waals surface area contributed by atoms with Gasteiger partial charge in [-0.15, -0.1) is 11.3 Å². The number of carbonyl (C=O) groups excluding carboxylic acids is 2. The van der Waals surface area contributed by atoms with Crippen molar-refractivity contribution in [2.24, 2.45) is 5.73 Å². The van der Waals surface area contributed by atoms with Crippen molar-refractivity contribution in [3.05, 3.63) is 51.5 Å². The summed E-state index contributed by atoms with van der Waals surface area (Å²) in [4.78, 5) is 30.7. The molecule has 7 heteroatoms. The average molecular weight is 326 g/mol. The van der Waals surface area contributed by atoms with Crippen LogP contribution in [0.1, 0.15) is 27.6 Å². The van der Waals surface area contributed by atoms with Gasteiger partial charge in [-0.2, -0.15) is 5.26 Å². The topological polar surface area (TPSA) is 100 Å². The molecule has 3 rings (SSSR count). The van der Waals surface area contributed by atoms with Crippen LogP contribution < -0.4 is 5.73 Å². The monoisotopic (exact) mass is 326 g/mol. The molecule has 23 heavy (non-hydrogen) atoms. The minimum Gasteiger partial charge on any atom is -0.368 e. The molecule has 0 fully saturated rings. The van der Waals surface area contributed by atoms with E-state index < -0.39 is 11.9 Å². The summed E-state index contributed by atoms with van der Waals surface area (Å²) in [6.07, 6.45) is 4.00. The summed E-state index contributed by atoms with van der Waals surface area (Å²) in [5, 5.41) is 10.8. The number of pyridine rings is 1. The van der Waals surface area contributed by atoms with Gasteiger partial charge in [0.1, 0.15) is 12.1 Å². The van der Waals surface area contributed by atoms with Crippen LogP contribution in [0, 0.1) is 11.3 Å². The van der Waals surface area contributed by atoms with Gasteiger partial charge in [0.15, 0.2) is 0 Å². The van der Waals surface area contributed by atoms with E-state index in [1.807, 2.05) is 6.07 Å². The lowest BCUT2D eigenvalue weighted by molar-refractivity contribution is -0.139. The quantitative estimate of drug-likeness (QED) is 0.915. The highest BCUT2D eigenvalue weighted by Gasteiger charge is 2.36. The molecule has 116 valence electrons. The second kappa shape index (κ2) is 6.18. The van der Waals surface area contributed by atoms with E-state index in [9.17, 15) is 9.59 Å². The summed E-state index contributed by atoms with van der Waals surface area (Å²) in [6, 6.07) is 4.91. The summed E-state index contributed by atoms with van der Waals surface area (Å²) in [5.74, 6) is -0.740. The molecule has 1 aliphatic heterocycles. The van der Waals surface area contributed by atoms with E-state index in [1.54, 1.807) is 23.8 Å². The van der Waals surface area contributed by atoms with Crippen molar-refractivity contribution in [1.82, 2.24) is 9.88 Å². The molecule has 2 N–H and O–H groups in total. The zero-order valence-corrected chi connectivity index (χ0v) is 13.0. The van der Waals surface area contributed by atoms with Crippen molar-refractivity contribution in [2.45, 2.75) is 18.9 Å². The Morgan fingerprint density at radius 1 is 1.52 bits per heavy atom. The van der Waals surface area contributed by atoms with Gasteiger partial charge in [-0.1, -0.05) is 6.07 Å². The Balaban J connectivity index is 1.89. The molecule has 0 aromatic carbocycles. The maximum Gasteiger partial charge on any atom is 0.245 e. The maximum atomic E-state index is 12.6. The van der Waals surface area contributed by atoms with Crippen molar-refractivity contribution in [3.63, 3.8) is 0 Å². The van der Waals surface area contributed by atoms with Crippen LogP contribution in [-0.2, 0) is 22.4 Å². The Morgan fingerprint density at radius 3 is 3.00 bits per heavy atom. The molecule has 0 bridgehead atoms. The molecule has 0 saturated heterocycles. The fourth-order valence-corrected chi connectivity index (χ4v) is 3.98. The van der Waals surface area contributed by atoms with Gasteiger partial charge in [-0.05, 0) is 23.6 Å². The third-order valence-electron chi connectivity index (χ3n) is 3.88. The fourth-order valence-electron chi connectivity index (χ4n) is 2.81. The van der Waals surface area contributed by atoms with Crippen LogP contribution in [0.5, 0.6) is 0 Å². The smallest absolute Gasteiger partial charge is 0.245 e. The number of thiophene rings is 1. The van der Waals surface area contributed by atoms with Crippen LogP contribution in [0.4, 0.5) is 0 Å². The summed E-state index contributed by atoms with van der Waals surface area (Å²) in [7, 11) is 0. The lowest BCUT2D eigenvalue weighted by atomic mass is 9.97. The maximum absolute atomic E-state index is 12.6. The molecule has 1 atom stereocenters. The van der Waals surface area contributed by atoms with Gasteiger partial charge < -0.3 is 10.6 Å². The minimum absolute atomic E-state index is 0.167. The predicted molar refractivity (Wildman–Crippen MR) is 84.3 cm³/mol. The molecule has 1 aliphatic rings. The van der Waals surface area contributed by atoms with Crippen molar-refractivity contribution in [1.29, 1.82) is 5.26 Å². The first-order valence-electron chi connectivity index (χ1n) is 7.10. The predicted octanol–water partition coefficient (Wildman–Crippen LogP) is 1.17. The van der Waals surface area contributed by atoms with Gasteiger partial charge in [0, 0.05) is 29.2 Å². The van der Waals surface area contributed by atoms with Crippen molar-refractivity contribution >= 4 is 23.2 Å². The molecule has 2 aromatic heterocycles. The van der Waals surface area contributed by atoms with Crippen LogP contribution in [-0.4, -0.2) is 28.2 Å². The summed E-state index contributed by atoms with van der Waals surface area (Å²) in [5.41, 5.74) is 7.73. The first kappa shape index (κ1) is 15.2. The number of nitriles is 1. The van der Waals surface area contributed by atoms with Gasteiger partial charge in [0.25, 0.3) is 0 Å². The molecular weight excluding hydrogens is 312 g/mol. The lowest BCUT2D eigenvalue weighted by Gasteiger charge is -2.33. The Kier molecular flexibility index (Phi) is 4.08. The molecule has 0 aliphatic carbocycles. The number of primary amides is 1. The van der Waals surface area contributed by atoms with Crippen LogP contribution in [0.2, 0.25) is 0 Å². The van der Waals surface area contributed by atoms with Gasteiger partial charge >= 0.3 is 0 Å². The Labute approximate surface area is 137 Å². The van der Waals surface area contributed by atoms with Crippen LogP contribution in [0.25, 0.3) is 0 Å². The highest BCUT2D eigenvalue weighted by Crippen LogP contribution is 2.36. The minimum atomic E-state index is -0.796. The SMILES string of the molecule is N#Cc1csc2c1CCN(C(=O)Cc1cccnc1)C2C(N)=O. The van der Waals surface area contributed by atoms with E-state index in [-0.39, 0.29) is 12.3 Å². The number of nitrogens with zero attached hydrogens (tertiary/aromatic N) is 3. The third-order valence-corrected chi connectivity index (χ3v) is 4.95. The van der Waals surface area contributed by atoms with Gasteiger partial charge in [0.2, 0.25) is 11.8 Å². The molecule has 2 amide bonds. The number of nitrogens with two attached hydrogens (primary N) is 1. The van der Waals surface area contributed by atoms with Gasteiger partial charge in [-0.25, -0.2) is 0 Å². The van der Waals surface area contributed by atoms with E-state index in [4.69, 9.17) is 11.0 Å². The van der Waals surface area contributed by atoms with Gasteiger partial charge in [0.05, 0.1) is 12.0 Å². The summed E-state index contributed by atoms with van der Waals surface area (Å²) in [6.45, 7) is 0.380. The number of aromatic nitrogens is 1. The lowest BCUT2D eigenvalue weighted by Crippen LogP contribution is -2.45. The molecule has 1 unspecified atom stereocenters. The second-order valence-electron chi connectivity index (χ2n) is 5.28. The average Bonchev–Trinajstić information content (AvgIpc) is 2.97. The number of hydrogen-bond donors (Lipinski definition) is 1. The van der Waals surface area contributed by atoms with Crippen LogP contribution in [0.3, 0.4) is 0 Å². The highest BCUT2D eigenvalue weighted by atomic mass is 32.1. The standard InChI is InChI=1S/C16H14N4O2S/c17-7-11-9-23-15-12(11)3-5-20(14(15)16(18)22)13(21)6-10-2-1-4-19-8-10/h1-2,4,8-9,14H,3,5-6H2,(H2,18,22). The molecule has 0 spiro atoms. The summed E-state index contributed by atoms with van der Waals surface area (Å²) < 4.78 is 0. The number of carbonyl (C=O) groups is 2. The third kappa shape index (κ3) is 2.81. The highest BCUT2D eigenvalue weighted by molar-refractivity contribution is 7.10. The first-order valence-corrected chi connectivity index (χ1v) is 7.98. The largest absolute Gasteiger partial charge is 0.368 e. The Bertz CT molecular complexity index is 794. The van der Waals surface area contributed by atoms with E-state index in [0.29, 0.717) is 23.4 Å². The molecule has 2 aromatic rings. The van der Waals surface area contributed by atoms with Gasteiger partial charge in [-0.3, -0.25) is 14.6 Å². The van der Waals surface area contributed by atoms with Crippen molar-refractivity contribution < 1.29 is 9.59 Å². The van der Waals surface area contributed by atoms with Crippen LogP contribution >= 0.6 is 11.3 Å². The number of hydrogen-bond acceptors (Lipinski definition) is 5. The molecule has 0 radical (unpaired) electrons. The van der Waals surface area contributed by atoms with Crippen molar-refractivity contribution in [2.75, 3.05) is 6.54 Å². The second-order valence-corrected chi connectivity index (χ2v) is 6.20. The van der Waals surface area contributed by atoms with E-state index in [2.05, 4.69) is 11.1 Å². The Hall–Kier alpha value is -2.72. The normalized spacial score (nSPS) is 16.5. The van der Waals surface area contributed by atoms with E-state index in [0.717, 1.165) is 11.1 Å². The zero-order valence-electron chi connectivity index (χ0n) is 12.2. The Morgan fingerprint density at radius 2 is 2.35 bits per heavy atom. The van der Waals surface area contributed by atoms with Crippen LogP contribution in [0.15, 0.2) is 29.9 Å². The molecule has 3 heterocycles. The molecule has 0 saturated carbocycles. The number of amides is 2. The fraction of sp³-hybridized carbons (Fsp3) is 0.250. The van der Waals surface area contributed by atoms with E-state index in [1.165, 1.54) is 16.2 Å². The zero-order chi connectivity index (χ0) is 16.4. The molecule has 6 nitrogen and oxygen atoms in total. The number of rotatable bonds is 3. The van der Waals surface area contributed by atoms with E-state index >= 15 is 0 Å².